The topological polar surface area (TPSA) is 87.3 Å². The first kappa shape index (κ1) is 16.8. The molecule has 4 amide bonds. The second-order valence-electron chi connectivity index (χ2n) is 6.83. The molecule has 4 rings (SSSR count). The Morgan fingerprint density at radius 3 is 2.81 bits per heavy atom. The van der Waals surface area contributed by atoms with E-state index in [9.17, 15) is 14.4 Å². The van der Waals surface area contributed by atoms with E-state index in [0.29, 0.717) is 11.3 Å². The highest BCUT2D eigenvalue weighted by molar-refractivity contribution is 7.10. The van der Waals surface area contributed by atoms with Gasteiger partial charge >= 0.3 is 6.03 Å². The van der Waals surface area contributed by atoms with Crippen LogP contribution in [0, 0.1) is 0 Å². The first-order chi connectivity index (χ1) is 12.5. The molecule has 26 heavy (non-hydrogen) atoms. The van der Waals surface area contributed by atoms with Crippen molar-refractivity contribution in [2.45, 2.75) is 38.1 Å². The van der Waals surface area contributed by atoms with Crippen LogP contribution in [0.1, 0.15) is 46.1 Å². The molecule has 1 aromatic carbocycles. The number of nitrogens with one attached hydrogen (secondary N) is 3. The number of hydrogen-bond acceptors (Lipinski definition) is 4. The minimum absolute atomic E-state index is 0.133. The fourth-order valence-electron chi connectivity index (χ4n) is 3.54. The minimum atomic E-state index is -1.14. The highest BCUT2D eigenvalue weighted by Gasteiger charge is 2.43. The number of amides is 4. The summed E-state index contributed by atoms with van der Waals surface area (Å²) in [6.45, 7) is 1.64. The maximum atomic E-state index is 12.7. The number of carbonyl (C=O) groups is 3. The van der Waals surface area contributed by atoms with E-state index in [1.165, 1.54) is 16.9 Å². The molecule has 134 valence electrons. The first-order valence-electron chi connectivity index (χ1n) is 8.62. The number of rotatable bonds is 3. The largest absolute Gasteiger partial charge is 0.322 e. The predicted octanol–water partition coefficient (Wildman–Crippen LogP) is 2.93. The number of aryl methyl sites for hydroxylation is 1. The lowest BCUT2D eigenvalue weighted by molar-refractivity contribution is -0.123. The van der Waals surface area contributed by atoms with Gasteiger partial charge in [0.2, 0.25) is 0 Å². The van der Waals surface area contributed by atoms with Crippen molar-refractivity contribution in [3.05, 3.63) is 51.2 Å². The van der Waals surface area contributed by atoms with Crippen molar-refractivity contribution in [2.75, 3.05) is 5.32 Å². The molecular formula is C19H19N3O3S. The Hall–Kier alpha value is -2.67. The molecule has 2 heterocycles. The molecule has 1 aromatic heterocycles. The van der Waals surface area contributed by atoms with Crippen molar-refractivity contribution in [1.29, 1.82) is 0 Å². The number of anilines is 1. The maximum Gasteiger partial charge on any atom is 0.322 e. The van der Waals surface area contributed by atoms with Crippen LogP contribution in [0.5, 0.6) is 0 Å². The maximum absolute atomic E-state index is 12.7. The molecule has 1 aliphatic carbocycles. The second kappa shape index (κ2) is 6.25. The molecule has 1 atom stereocenters. The standard InChI is InChI=1S/C19H19N3O3S/c1-19(17(24)21-18(25)22-19)11-5-4-6-12(9-11)20-16(23)14-10-26-15-8-3-2-7-13(14)15/h4-6,9-10H,2-3,7-8H2,1H3,(H,20,23)(H2,21,22,24,25). The Labute approximate surface area is 155 Å². The number of hydrogen-bond donors (Lipinski definition) is 3. The van der Waals surface area contributed by atoms with Gasteiger partial charge in [0.25, 0.3) is 11.8 Å². The van der Waals surface area contributed by atoms with Crippen LogP contribution in [-0.4, -0.2) is 17.8 Å². The molecule has 7 heteroatoms. The lowest BCUT2D eigenvalue weighted by atomic mass is 9.92. The Morgan fingerprint density at radius 1 is 1.23 bits per heavy atom. The Bertz CT molecular complexity index is 921. The van der Waals surface area contributed by atoms with Crippen LogP contribution < -0.4 is 16.0 Å². The van der Waals surface area contributed by atoms with Gasteiger partial charge in [-0.25, -0.2) is 4.79 Å². The van der Waals surface area contributed by atoms with E-state index in [0.717, 1.165) is 24.8 Å². The van der Waals surface area contributed by atoms with Gasteiger partial charge in [-0.05, 0) is 55.9 Å². The van der Waals surface area contributed by atoms with Crippen molar-refractivity contribution in [3.63, 3.8) is 0 Å². The smallest absolute Gasteiger partial charge is 0.322 e. The van der Waals surface area contributed by atoms with E-state index in [1.54, 1.807) is 42.5 Å². The molecule has 1 saturated heterocycles. The molecule has 0 radical (unpaired) electrons. The fraction of sp³-hybridized carbons (Fsp3) is 0.316. The number of benzene rings is 1. The van der Waals surface area contributed by atoms with Crippen molar-refractivity contribution in [1.82, 2.24) is 10.6 Å². The molecule has 2 aromatic rings. The summed E-state index contributed by atoms with van der Waals surface area (Å²) in [5.41, 5.74) is 1.99. The fourth-order valence-corrected chi connectivity index (χ4v) is 4.66. The summed E-state index contributed by atoms with van der Waals surface area (Å²) in [5.74, 6) is -0.538. The molecule has 6 nitrogen and oxygen atoms in total. The van der Waals surface area contributed by atoms with Crippen LogP contribution in [-0.2, 0) is 23.2 Å². The van der Waals surface area contributed by atoms with E-state index in [4.69, 9.17) is 0 Å². The van der Waals surface area contributed by atoms with E-state index in [1.807, 2.05) is 5.38 Å². The Kier molecular flexibility index (Phi) is 4.03. The zero-order valence-electron chi connectivity index (χ0n) is 14.3. The van der Waals surface area contributed by atoms with Gasteiger partial charge in [0.1, 0.15) is 5.54 Å². The molecule has 1 fully saturated rings. The quantitative estimate of drug-likeness (QED) is 0.727. The normalized spacial score (nSPS) is 21.7. The SMILES string of the molecule is CC1(c2cccc(NC(=O)c3csc4c3CCCC4)c2)NC(=O)NC1=O. The number of urea groups is 1. The average Bonchev–Trinajstić information content (AvgIpc) is 3.16. The summed E-state index contributed by atoms with van der Waals surface area (Å²) >= 11 is 1.65. The summed E-state index contributed by atoms with van der Waals surface area (Å²) in [6.07, 6.45) is 4.30. The van der Waals surface area contributed by atoms with Gasteiger partial charge in [-0.3, -0.25) is 14.9 Å². The van der Waals surface area contributed by atoms with Crippen LogP contribution in [0.3, 0.4) is 0 Å². The number of fused-ring (bicyclic) bond motifs is 1. The third-order valence-corrected chi connectivity index (χ3v) is 6.14. The van der Waals surface area contributed by atoms with Crippen LogP contribution in [0.2, 0.25) is 0 Å². The highest BCUT2D eigenvalue weighted by Crippen LogP contribution is 2.31. The van der Waals surface area contributed by atoms with Gasteiger partial charge in [-0.2, -0.15) is 0 Å². The first-order valence-corrected chi connectivity index (χ1v) is 9.50. The molecule has 0 bridgehead atoms. The number of imide groups is 1. The molecular weight excluding hydrogens is 350 g/mol. The van der Waals surface area contributed by atoms with E-state index in [2.05, 4.69) is 16.0 Å². The van der Waals surface area contributed by atoms with E-state index >= 15 is 0 Å². The summed E-state index contributed by atoms with van der Waals surface area (Å²) in [6, 6.07) is 6.50. The van der Waals surface area contributed by atoms with Gasteiger partial charge < -0.3 is 10.6 Å². The zero-order valence-corrected chi connectivity index (χ0v) is 15.2. The van der Waals surface area contributed by atoms with Gasteiger partial charge in [0, 0.05) is 15.9 Å². The zero-order chi connectivity index (χ0) is 18.3. The van der Waals surface area contributed by atoms with Gasteiger partial charge in [-0.1, -0.05) is 12.1 Å². The van der Waals surface area contributed by atoms with Gasteiger partial charge in [0.05, 0.1) is 5.56 Å². The van der Waals surface area contributed by atoms with Gasteiger partial charge in [-0.15, -0.1) is 11.3 Å². The van der Waals surface area contributed by atoms with Crippen LogP contribution in [0.4, 0.5) is 10.5 Å². The monoisotopic (exact) mass is 369 g/mol. The minimum Gasteiger partial charge on any atom is -0.322 e. The predicted molar refractivity (Wildman–Crippen MR) is 99.4 cm³/mol. The molecule has 1 aliphatic heterocycles. The lowest BCUT2D eigenvalue weighted by Gasteiger charge is -2.21. The van der Waals surface area contributed by atoms with Crippen LogP contribution in [0.25, 0.3) is 0 Å². The van der Waals surface area contributed by atoms with Crippen molar-refractivity contribution in [2.24, 2.45) is 0 Å². The Morgan fingerprint density at radius 2 is 2.04 bits per heavy atom. The molecule has 0 spiro atoms. The van der Waals surface area contributed by atoms with Crippen LogP contribution in [0.15, 0.2) is 29.6 Å². The molecule has 1 unspecified atom stereocenters. The van der Waals surface area contributed by atoms with Crippen molar-refractivity contribution >= 4 is 34.9 Å². The van der Waals surface area contributed by atoms with Crippen molar-refractivity contribution in [3.8, 4) is 0 Å². The third kappa shape index (κ3) is 2.78. The molecule has 2 aliphatic rings. The number of thiophene rings is 1. The highest BCUT2D eigenvalue weighted by atomic mass is 32.1. The van der Waals surface area contributed by atoms with Gasteiger partial charge in [0.15, 0.2) is 0 Å². The second-order valence-corrected chi connectivity index (χ2v) is 7.79. The van der Waals surface area contributed by atoms with E-state index < -0.39 is 17.5 Å². The van der Waals surface area contributed by atoms with Crippen molar-refractivity contribution < 1.29 is 14.4 Å². The lowest BCUT2D eigenvalue weighted by Crippen LogP contribution is -2.40. The number of carbonyl (C=O) groups excluding carboxylic acids is 3. The van der Waals surface area contributed by atoms with Crippen LogP contribution >= 0.6 is 11.3 Å². The molecule has 0 saturated carbocycles. The summed E-state index contributed by atoms with van der Waals surface area (Å²) in [5, 5.41) is 9.74. The Balaban J connectivity index is 1.58. The molecule has 3 N–H and O–H groups in total. The summed E-state index contributed by atoms with van der Waals surface area (Å²) in [4.78, 5) is 37.6. The summed E-state index contributed by atoms with van der Waals surface area (Å²) in [7, 11) is 0. The summed E-state index contributed by atoms with van der Waals surface area (Å²) < 4.78 is 0. The average molecular weight is 369 g/mol. The third-order valence-electron chi connectivity index (χ3n) is 5.05. The van der Waals surface area contributed by atoms with E-state index in [-0.39, 0.29) is 5.91 Å².